The van der Waals surface area contributed by atoms with E-state index in [0.717, 1.165) is 12.8 Å². The number of rotatable bonds is 6. The first-order chi connectivity index (χ1) is 5.06. The molecule has 0 atom stereocenters. The Bertz CT molecular complexity index is 173. The van der Waals surface area contributed by atoms with Crippen LogP contribution in [0.5, 0.6) is 0 Å². The minimum atomic E-state index is -3.84. The summed E-state index contributed by atoms with van der Waals surface area (Å²) in [7, 11) is -3.84. The molecular formula is C6H14O4S. The second kappa shape index (κ2) is 5.51. The molecule has 0 fully saturated rings. The van der Waals surface area contributed by atoms with Gasteiger partial charge >= 0.3 is 0 Å². The fraction of sp³-hybridized carbons (Fsp3) is 1.00. The van der Waals surface area contributed by atoms with Crippen LogP contribution in [0.25, 0.3) is 0 Å². The van der Waals surface area contributed by atoms with Crippen molar-refractivity contribution in [3.05, 3.63) is 0 Å². The third-order valence-corrected chi connectivity index (χ3v) is 1.81. The van der Waals surface area contributed by atoms with E-state index in [-0.39, 0.29) is 12.4 Å². The molecule has 0 radical (unpaired) electrons. The molecule has 0 aliphatic carbocycles. The van der Waals surface area contributed by atoms with Crippen molar-refractivity contribution in [2.24, 2.45) is 0 Å². The number of ether oxygens (including phenoxy) is 1. The molecule has 0 unspecified atom stereocenters. The Morgan fingerprint density at radius 1 is 1.36 bits per heavy atom. The van der Waals surface area contributed by atoms with Crippen molar-refractivity contribution < 1.29 is 17.7 Å². The highest BCUT2D eigenvalue weighted by Gasteiger charge is 2.02. The molecule has 4 nitrogen and oxygen atoms in total. The third kappa shape index (κ3) is 9.87. The van der Waals surface area contributed by atoms with Gasteiger partial charge in [-0.25, -0.2) is 0 Å². The summed E-state index contributed by atoms with van der Waals surface area (Å²) in [6.07, 6.45) is 1.94. The maximum atomic E-state index is 10.1. The lowest BCUT2D eigenvalue weighted by Gasteiger charge is -1.99. The summed E-state index contributed by atoms with van der Waals surface area (Å²) in [6, 6.07) is 0. The number of unbranched alkanes of at least 4 members (excludes halogenated alkanes) is 1. The zero-order chi connectivity index (χ0) is 8.74. The summed E-state index contributed by atoms with van der Waals surface area (Å²) >= 11 is 0. The van der Waals surface area contributed by atoms with Gasteiger partial charge in [-0.1, -0.05) is 13.3 Å². The predicted octanol–water partition coefficient (Wildman–Crippen LogP) is 0.691. The maximum Gasteiger partial charge on any atom is 0.267 e. The summed E-state index contributed by atoms with van der Waals surface area (Å²) < 4.78 is 33.5. The van der Waals surface area contributed by atoms with E-state index >= 15 is 0 Å². The predicted molar refractivity (Wildman–Crippen MR) is 42.1 cm³/mol. The Morgan fingerprint density at radius 2 is 2.00 bits per heavy atom. The van der Waals surface area contributed by atoms with Crippen molar-refractivity contribution >= 4 is 10.1 Å². The van der Waals surface area contributed by atoms with E-state index in [1.807, 2.05) is 6.92 Å². The maximum absolute atomic E-state index is 10.1. The smallest absolute Gasteiger partial charge is 0.267 e. The summed E-state index contributed by atoms with van der Waals surface area (Å²) in [5.41, 5.74) is 0. The Labute approximate surface area is 67.3 Å². The van der Waals surface area contributed by atoms with Crippen LogP contribution in [0.4, 0.5) is 0 Å². The van der Waals surface area contributed by atoms with Crippen LogP contribution in [-0.2, 0) is 14.9 Å². The number of hydrogen-bond acceptors (Lipinski definition) is 3. The van der Waals surface area contributed by atoms with Gasteiger partial charge in [0.1, 0.15) is 0 Å². The van der Waals surface area contributed by atoms with Crippen molar-refractivity contribution in [2.75, 3.05) is 19.0 Å². The van der Waals surface area contributed by atoms with Gasteiger partial charge in [-0.2, -0.15) is 8.42 Å². The van der Waals surface area contributed by atoms with E-state index in [9.17, 15) is 8.42 Å². The summed E-state index contributed by atoms with van der Waals surface area (Å²) in [4.78, 5) is 0. The Morgan fingerprint density at radius 3 is 2.45 bits per heavy atom. The average Bonchev–Trinajstić information content (AvgIpc) is 1.85. The van der Waals surface area contributed by atoms with Crippen LogP contribution in [0, 0.1) is 0 Å². The summed E-state index contributed by atoms with van der Waals surface area (Å²) in [5.74, 6) is -0.309. The van der Waals surface area contributed by atoms with E-state index in [0.29, 0.717) is 6.61 Å². The van der Waals surface area contributed by atoms with Gasteiger partial charge in [-0.15, -0.1) is 0 Å². The molecule has 0 amide bonds. The Kier molecular flexibility index (Phi) is 5.45. The van der Waals surface area contributed by atoms with Crippen LogP contribution in [-0.4, -0.2) is 31.9 Å². The first-order valence-electron chi connectivity index (χ1n) is 3.59. The van der Waals surface area contributed by atoms with Crippen LogP contribution in [0.1, 0.15) is 19.8 Å². The lowest BCUT2D eigenvalue weighted by atomic mass is 10.4. The van der Waals surface area contributed by atoms with E-state index in [1.165, 1.54) is 0 Å². The topological polar surface area (TPSA) is 63.6 Å². The van der Waals surface area contributed by atoms with E-state index < -0.39 is 10.1 Å². The van der Waals surface area contributed by atoms with Gasteiger partial charge < -0.3 is 4.74 Å². The molecule has 1 N–H and O–H groups in total. The first kappa shape index (κ1) is 10.9. The summed E-state index contributed by atoms with van der Waals surface area (Å²) in [5, 5.41) is 0. The normalized spacial score (nSPS) is 11.8. The van der Waals surface area contributed by atoms with Gasteiger partial charge in [0.25, 0.3) is 10.1 Å². The third-order valence-electron chi connectivity index (χ3n) is 1.13. The molecule has 0 rings (SSSR count). The van der Waals surface area contributed by atoms with Crippen LogP contribution in [0.2, 0.25) is 0 Å². The van der Waals surface area contributed by atoms with Crippen molar-refractivity contribution in [3.8, 4) is 0 Å². The van der Waals surface area contributed by atoms with Crippen molar-refractivity contribution in [1.82, 2.24) is 0 Å². The van der Waals surface area contributed by atoms with Crippen molar-refractivity contribution in [3.63, 3.8) is 0 Å². The highest BCUT2D eigenvalue weighted by atomic mass is 32.2. The van der Waals surface area contributed by atoms with Crippen LogP contribution in [0.3, 0.4) is 0 Å². The van der Waals surface area contributed by atoms with Gasteiger partial charge in [0.05, 0.1) is 12.4 Å². The van der Waals surface area contributed by atoms with E-state index in [2.05, 4.69) is 0 Å². The molecule has 0 aliphatic rings. The monoisotopic (exact) mass is 182 g/mol. The number of hydrogen-bond donors (Lipinski definition) is 1. The van der Waals surface area contributed by atoms with E-state index in [1.54, 1.807) is 0 Å². The Hall–Kier alpha value is -0.130. The second-order valence-corrected chi connectivity index (χ2v) is 3.82. The zero-order valence-corrected chi connectivity index (χ0v) is 7.43. The molecule has 5 heteroatoms. The molecule has 0 aromatic heterocycles. The van der Waals surface area contributed by atoms with Crippen molar-refractivity contribution in [2.45, 2.75) is 19.8 Å². The quantitative estimate of drug-likeness (QED) is 0.485. The molecule has 0 saturated carbocycles. The lowest BCUT2D eigenvalue weighted by Crippen LogP contribution is -2.11. The molecular weight excluding hydrogens is 168 g/mol. The summed E-state index contributed by atoms with van der Waals surface area (Å²) in [6.45, 7) is 2.66. The molecule has 0 aliphatic heterocycles. The molecule has 0 bridgehead atoms. The van der Waals surface area contributed by atoms with Gasteiger partial charge in [-0.3, -0.25) is 4.55 Å². The molecule has 68 valence electrons. The lowest BCUT2D eigenvalue weighted by molar-refractivity contribution is 0.145. The minimum Gasteiger partial charge on any atom is -0.380 e. The highest BCUT2D eigenvalue weighted by molar-refractivity contribution is 7.85. The molecule has 0 aromatic carbocycles. The standard InChI is InChI=1S/C6H14O4S/c1-2-3-4-10-5-6-11(7,8)9/h2-6H2,1H3,(H,7,8,9). The highest BCUT2D eigenvalue weighted by Crippen LogP contribution is 1.89. The van der Waals surface area contributed by atoms with Crippen LogP contribution in [0.15, 0.2) is 0 Å². The first-order valence-corrected chi connectivity index (χ1v) is 5.20. The largest absolute Gasteiger partial charge is 0.380 e. The molecule has 0 spiro atoms. The van der Waals surface area contributed by atoms with Gasteiger partial charge in [0.2, 0.25) is 0 Å². The Balaban J connectivity index is 3.16. The minimum absolute atomic E-state index is 0.0822. The van der Waals surface area contributed by atoms with Gasteiger partial charge in [0, 0.05) is 6.61 Å². The van der Waals surface area contributed by atoms with Crippen LogP contribution >= 0.6 is 0 Å². The SMILES string of the molecule is CCCCOCCS(=O)(=O)O. The molecule has 0 aromatic rings. The molecule has 11 heavy (non-hydrogen) atoms. The fourth-order valence-corrected chi connectivity index (χ4v) is 0.841. The van der Waals surface area contributed by atoms with Crippen molar-refractivity contribution in [1.29, 1.82) is 0 Å². The molecule has 0 heterocycles. The zero-order valence-electron chi connectivity index (χ0n) is 6.62. The van der Waals surface area contributed by atoms with Gasteiger partial charge in [-0.05, 0) is 6.42 Å². The average molecular weight is 182 g/mol. The second-order valence-electron chi connectivity index (χ2n) is 2.25. The fourth-order valence-electron chi connectivity index (χ4n) is 0.513. The van der Waals surface area contributed by atoms with E-state index in [4.69, 9.17) is 9.29 Å². The molecule has 0 saturated heterocycles. The van der Waals surface area contributed by atoms with Gasteiger partial charge in [0.15, 0.2) is 0 Å². The van der Waals surface area contributed by atoms with Crippen LogP contribution < -0.4 is 0 Å².